The second kappa shape index (κ2) is 6.06. The van der Waals surface area contributed by atoms with Gasteiger partial charge in [0.2, 0.25) is 0 Å². The van der Waals surface area contributed by atoms with Crippen LogP contribution in [0.15, 0.2) is 47.5 Å². The summed E-state index contributed by atoms with van der Waals surface area (Å²) >= 11 is 0. The van der Waals surface area contributed by atoms with Gasteiger partial charge < -0.3 is 9.68 Å². The van der Waals surface area contributed by atoms with Crippen LogP contribution in [0, 0.1) is 0 Å². The van der Waals surface area contributed by atoms with E-state index in [1.165, 1.54) is 0 Å². The van der Waals surface area contributed by atoms with Crippen LogP contribution in [-0.2, 0) is 9.68 Å². The summed E-state index contributed by atoms with van der Waals surface area (Å²) in [5, 5.41) is 0. The predicted molar refractivity (Wildman–Crippen MR) is 59.4 cm³/mol. The maximum Gasteiger partial charge on any atom is 0.151 e. The first-order chi connectivity index (χ1) is 7.26. The lowest BCUT2D eigenvalue weighted by molar-refractivity contribution is 0.121. The first-order valence-corrected chi connectivity index (χ1v) is 4.72. The van der Waals surface area contributed by atoms with Crippen molar-refractivity contribution in [2.75, 3.05) is 14.1 Å². The van der Waals surface area contributed by atoms with Gasteiger partial charge in [0.25, 0.3) is 0 Å². The normalized spacial score (nSPS) is 15.8. The second-order valence-electron chi connectivity index (χ2n) is 2.98. The molecule has 0 aromatic rings. The van der Waals surface area contributed by atoms with Crippen molar-refractivity contribution in [1.82, 2.24) is 11.0 Å². The van der Waals surface area contributed by atoms with Gasteiger partial charge in [-0.15, -0.1) is 0 Å². The summed E-state index contributed by atoms with van der Waals surface area (Å²) in [4.78, 5) is 10.4. The highest BCUT2D eigenvalue weighted by Gasteiger charge is 2.01. The van der Waals surface area contributed by atoms with E-state index in [0.29, 0.717) is 11.5 Å². The predicted octanol–water partition coefficient (Wildman–Crippen LogP) is 1.57. The van der Waals surface area contributed by atoms with Gasteiger partial charge in [-0.3, -0.25) is 0 Å². The summed E-state index contributed by atoms with van der Waals surface area (Å²) in [6.45, 7) is 2.00. The lowest BCUT2D eigenvalue weighted by atomic mass is 10.2. The van der Waals surface area contributed by atoms with E-state index >= 15 is 0 Å². The molecular formula is C11H16N2O2. The van der Waals surface area contributed by atoms with Gasteiger partial charge in [-0.1, -0.05) is 12.2 Å². The molecule has 0 atom stereocenters. The molecule has 1 aliphatic carbocycles. The molecule has 4 nitrogen and oxygen atoms in total. The average molecular weight is 208 g/mol. The SMILES string of the molecule is CNOC1=CC=CC(C)=CC(ONC)=C1. The summed E-state index contributed by atoms with van der Waals surface area (Å²) in [7, 11) is 3.41. The molecule has 0 bridgehead atoms. The van der Waals surface area contributed by atoms with Crippen molar-refractivity contribution in [2.24, 2.45) is 0 Å². The third-order valence-electron chi connectivity index (χ3n) is 1.71. The molecule has 15 heavy (non-hydrogen) atoms. The largest absolute Gasteiger partial charge is 0.409 e. The average Bonchev–Trinajstić information content (AvgIpc) is 2.15. The van der Waals surface area contributed by atoms with E-state index in [2.05, 4.69) is 11.0 Å². The zero-order valence-electron chi connectivity index (χ0n) is 9.20. The third-order valence-corrected chi connectivity index (χ3v) is 1.71. The fourth-order valence-electron chi connectivity index (χ4n) is 1.16. The Kier molecular flexibility index (Phi) is 4.66. The second-order valence-corrected chi connectivity index (χ2v) is 2.98. The van der Waals surface area contributed by atoms with E-state index in [-0.39, 0.29) is 0 Å². The molecule has 82 valence electrons. The summed E-state index contributed by atoms with van der Waals surface area (Å²) in [6, 6.07) is 0. The maximum absolute atomic E-state index is 5.22. The van der Waals surface area contributed by atoms with Gasteiger partial charge in [-0.05, 0) is 24.6 Å². The minimum absolute atomic E-state index is 0.683. The molecule has 0 spiro atoms. The molecule has 0 aromatic heterocycles. The summed E-state index contributed by atoms with van der Waals surface area (Å²) in [5.74, 6) is 1.38. The van der Waals surface area contributed by atoms with Crippen LogP contribution < -0.4 is 11.0 Å². The number of hydroxylamine groups is 2. The van der Waals surface area contributed by atoms with Crippen LogP contribution in [0.5, 0.6) is 0 Å². The highest BCUT2D eigenvalue weighted by molar-refractivity contribution is 5.35. The molecule has 0 heterocycles. The van der Waals surface area contributed by atoms with Crippen LogP contribution in [0.2, 0.25) is 0 Å². The van der Waals surface area contributed by atoms with Crippen LogP contribution in [0.4, 0.5) is 0 Å². The molecule has 0 aromatic carbocycles. The van der Waals surface area contributed by atoms with Gasteiger partial charge in [-0.25, -0.2) is 0 Å². The third kappa shape index (κ3) is 4.01. The summed E-state index contributed by atoms with van der Waals surface area (Å²) in [6.07, 6.45) is 9.46. The van der Waals surface area contributed by atoms with Crippen LogP contribution in [0.3, 0.4) is 0 Å². The number of allylic oxidation sites excluding steroid dienone is 6. The molecular weight excluding hydrogens is 192 g/mol. The van der Waals surface area contributed by atoms with Gasteiger partial charge in [0.05, 0.1) is 0 Å². The lowest BCUT2D eigenvalue weighted by Crippen LogP contribution is -2.09. The van der Waals surface area contributed by atoms with E-state index in [1.54, 1.807) is 20.2 Å². The molecule has 1 rings (SSSR count). The Balaban J connectivity index is 2.88. The highest BCUT2D eigenvalue weighted by Crippen LogP contribution is 2.12. The fraction of sp³-hybridized carbons (Fsp3) is 0.273. The quantitative estimate of drug-likeness (QED) is 0.688. The van der Waals surface area contributed by atoms with Gasteiger partial charge in [0.1, 0.15) is 0 Å². The van der Waals surface area contributed by atoms with Crippen molar-refractivity contribution in [2.45, 2.75) is 6.92 Å². The molecule has 0 fully saturated rings. The number of hydrogen-bond donors (Lipinski definition) is 2. The first-order valence-electron chi connectivity index (χ1n) is 4.72. The lowest BCUT2D eigenvalue weighted by Gasteiger charge is -2.09. The Morgan fingerprint density at radius 2 is 1.67 bits per heavy atom. The van der Waals surface area contributed by atoms with Gasteiger partial charge in [-0.2, -0.15) is 11.0 Å². The zero-order valence-corrected chi connectivity index (χ0v) is 9.20. The summed E-state index contributed by atoms with van der Waals surface area (Å²) < 4.78 is 0. The number of rotatable bonds is 4. The molecule has 0 aliphatic heterocycles. The smallest absolute Gasteiger partial charge is 0.151 e. The molecule has 1 aliphatic rings. The zero-order chi connectivity index (χ0) is 11.1. The molecule has 0 radical (unpaired) electrons. The maximum atomic E-state index is 5.22. The van der Waals surface area contributed by atoms with Crippen LogP contribution in [0.1, 0.15) is 6.92 Å². The molecule has 4 heteroatoms. The number of nitrogens with one attached hydrogen (secondary N) is 2. The Labute approximate surface area is 89.9 Å². The monoisotopic (exact) mass is 208 g/mol. The van der Waals surface area contributed by atoms with E-state index in [9.17, 15) is 0 Å². The Hall–Kier alpha value is -1.52. The highest BCUT2D eigenvalue weighted by atomic mass is 16.7. The minimum atomic E-state index is 0.683. The fourth-order valence-corrected chi connectivity index (χ4v) is 1.16. The number of hydrogen-bond acceptors (Lipinski definition) is 4. The van der Waals surface area contributed by atoms with E-state index in [1.807, 2.05) is 31.2 Å². The van der Waals surface area contributed by atoms with Crippen molar-refractivity contribution in [3.05, 3.63) is 47.5 Å². The van der Waals surface area contributed by atoms with E-state index < -0.39 is 0 Å². The van der Waals surface area contributed by atoms with Crippen molar-refractivity contribution >= 4 is 0 Å². The van der Waals surface area contributed by atoms with Crippen molar-refractivity contribution < 1.29 is 9.68 Å². The van der Waals surface area contributed by atoms with E-state index in [4.69, 9.17) is 9.68 Å². The molecule has 0 amide bonds. The van der Waals surface area contributed by atoms with Crippen LogP contribution in [-0.4, -0.2) is 14.1 Å². The Morgan fingerprint density at radius 1 is 1.00 bits per heavy atom. The summed E-state index contributed by atoms with van der Waals surface area (Å²) in [5.41, 5.74) is 6.35. The Morgan fingerprint density at radius 3 is 2.33 bits per heavy atom. The van der Waals surface area contributed by atoms with Gasteiger partial charge in [0.15, 0.2) is 11.5 Å². The van der Waals surface area contributed by atoms with Gasteiger partial charge in [0, 0.05) is 20.2 Å². The molecule has 0 unspecified atom stereocenters. The van der Waals surface area contributed by atoms with Crippen molar-refractivity contribution in [3.63, 3.8) is 0 Å². The van der Waals surface area contributed by atoms with E-state index in [0.717, 1.165) is 5.57 Å². The standard InChI is InChI=1S/C11H16N2O2/c1-9-5-4-6-10(14-12-2)8-11(7-9)15-13-3/h4-8,12-13H,1-3H3. The first kappa shape index (κ1) is 11.6. The minimum Gasteiger partial charge on any atom is -0.409 e. The van der Waals surface area contributed by atoms with Crippen LogP contribution in [0.25, 0.3) is 0 Å². The van der Waals surface area contributed by atoms with Crippen molar-refractivity contribution in [1.29, 1.82) is 0 Å². The topological polar surface area (TPSA) is 42.5 Å². The van der Waals surface area contributed by atoms with Gasteiger partial charge >= 0.3 is 0 Å². The molecule has 0 saturated heterocycles. The van der Waals surface area contributed by atoms with Crippen LogP contribution >= 0.6 is 0 Å². The Bertz CT molecular complexity index is 327. The van der Waals surface area contributed by atoms with Crippen molar-refractivity contribution in [3.8, 4) is 0 Å². The molecule has 0 saturated carbocycles. The molecule has 2 N–H and O–H groups in total.